The number of hydrogen-bond donors (Lipinski definition) is 1. The van der Waals surface area contributed by atoms with Crippen molar-refractivity contribution in [2.24, 2.45) is 0 Å². The number of aryl methyl sites for hydroxylation is 3. The summed E-state index contributed by atoms with van der Waals surface area (Å²) in [5.74, 6) is 1.45. The van der Waals surface area contributed by atoms with Crippen molar-refractivity contribution in [2.45, 2.75) is 45.1 Å². The first-order valence-corrected chi connectivity index (χ1v) is 9.22. The van der Waals surface area contributed by atoms with Gasteiger partial charge in [-0.2, -0.15) is 0 Å². The first kappa shape index (κ1) is 18.3. The minimum absolute atomic E-state index is 0.0267. The maximum Gasteiger partial charge on any atom is 0.220 e. The van der Waals surface area contributed by atoms with Crippen LogP contribution in [-0.2, 0) is 24.1 Å². The normalized spacial score (nSPS) is 13.8. The van der Waals surface area contributed by atoms with Gasteiger partial charge in [-0.3, -0.25) is 4.79 Å². The van der Waals surface area contributed by atoms with Gasteiger partial charge in [-0.25, -0.2) is 0 Å². The maximum absolute atomic E-state index is 12.3. The third kappa shape index (κ3) is 4.18. The van der Waals surface area contributed by atoms with E-state index in [-0.39, 0.29) is 11.9 Å². The van der Waals surface area contributed by atoms with Gasteiger partial charge in [-0.05, 0) is 67.0 Å². The van der Waals surface area contributed by atoms with Gasteiger partial charge >= 0.3 is 0 Å². The molecule has 4 nitrogen and oxygen atoms in total. The van der Waals surface area contributed by atoms with E-state index >= 15 is 0 Å². The Bertz CT molecular complexity index is 785. The first-order valence-electron chi connectivity index (χ1n) is 9.22. The van der Waals surface area contributed by atoms with E-state index in [2.05, 4.69) is 23.5 Å². The highest BCUT2D eigenvalue weighted by atomic mass is 16.5. The van der Waals surface area contributed by atoms with Crippen molar-refractivity contribution in [3.63, 3.8) is 0 Å². The van der Waals surface area contributed by atoms with Crippen LogP contribution in [0.25, 0.3) is 0 Å². The summed E-state index contributed by atoms with van der Waals surface area (Å²) in [5, 5.41) is 3.11. The summed E-state index contributed by atoms with van der Waals surface area (Å²) in [5.41, 5.74) is 5.14. The summed E-state index contributed by atoms with van der Waals surface area (Å²) >= 11 is 0. The molecule has 0 spiro atoms. The Balaban J connectivity index is 1.55. The van der Waals surface area contributed by atoms with E-state index in [1.807, 2.05) is 25.1 Å². The van der Waals surface area contributed by atoms with Crippen LogP contribution in [0.2, 0.25) is 0 Å². The Hall–Kier alpha value is -2.49. The zero-order chi connectivity index (χ0) is 18.5. The highest BCUT2D eigenvalue weighted by Gasteiger charge is 2.15. The third-order valence-corrected chi connectivity index (χ3v) is 5.09. The van der Waals surface area contributed by atoms with Gasteiger partial charge in [0.25, 0.3) is 0 Å². The molecule has 0 bridgehead atoms. The molecule has 0 aliphatic heterocycles. The van der Waals surface area contributed by atoms with Crippen molar-refractivity contribution in [1.29, 1.82) is 0 Å². The summed E-state index contributed by atoms with van der Waals surface area (Å²) in [4.78, 5) is 12.3. The van der Waals surface area contributed by atoms with Gasteiger partial charge in [0.05, 0.1) is 20.3 Å². The molecule has 138 valence electrons. The second-order valence-corrected chi connectivity index (χ2v) is 6.86. The zero-order valence-electron chi connectivity index (χ0n) is 15.8. The maximum atomic E-state index is 12.3. The van der Waals surface area contributed by atoms with Crippen LogP contribution in [-0.4, -0.2) is 20.1 Å². The monoisotopic (exact) mass is 353 g/mol. The largest absolute Gasteiger partial charge is 0.493 e. The Morgan fingerprint density at radius 3 is 2.58 bits per heavy atom. The minimum atomic E-state index is 0.0267. The van der Waals surface area contributed by atoms with Gasteiger partial charge in [0.1, 0.15) is 0 Å². The fraction of sp³-hybridized carbons (Fsp3) is 0.409. The number of methoxy groups -OCH3 is 2. The standard InChI is InChI=1S/C22H27NO3/c1-15(18-10-9-17-5-4-6-19(17)14-18)23-22(24)12-8-16-7-11-20(25-2)21(13-16)26-3/h7,9-11,13-15H,4-6,8,12H2,1-3H3,(H,23,24)/t15-/m0/s1. The lowest BCUT2D eigenvalue weighted by molar-refractivity contribution is -0.121. The van der Waals surface area contributed by atoms with Crippen LogP contribution < -0.4 is 14.8 Å². The fourth-order valence-corrected chi connectivity index (χ4v) is 3.55. The number of carbonyl (C=O) groups is 1. The smallest absolute Gasteiger partial charge is 0.220 e. The van der Waals surface area contributed by atoms with Gasteiger partial charge < -0.3 is 14.8 Å². The lowest BCUT2D eigenvalue weighted by Gasteiger charge is -2.16. The molecular formula is C22H27NO3. The number of hydrogen-bond acceptors (Lipinski definition) is 3. The second kappa shape index (κ2) is 8.26. The number of ether oxygens (including phenoxy) is 2. The molecule has 0 fully saturated rings. The van der Waals surface area contributed by atoms with Crippen LogP contribution in [0.15, 0.2) is 36.4 Å². The minimum Gasteiger partial charge on any atom is -0.493 e. The number of rotatable bonds is 7. The van der Waals surface area contributed by atoms with Crippen LogP contribution >= 0.6 is 0 Å². The average molecular weight is 353 g/mol. The SMILES string of the molecule is COc1ccc(CCC(=O)N[C@@H](C)c2ccc3c(c2)CCC3)cc1OC. The highest BCUT2D eigenvalue weighted by molar-refractivity contribution is 5.76. The van der Waals surface area contributed by atoms with Crippen molar-refractivity contribution in [2.75, 3.05) is 14.2 Å². The quantitative estimate of drug-likeness (QED) is 0.818. The molecule has 26 heavy (non-hydrogen) atoms. The van der Waals surface area contributed by atoms with Crippen LogP contribution in [0.3, 0.4) is 0 Å². The lowest BCUT2D eigenvalue weighted by Crippen LogP contribution is -2.26. The van der Waals surface area contributed by atoms with Crippen molar-refractivity contribution in [1.82, 2.24) is 5.32 Å². The van der Waals surface area contributed by atoms with Crippen molar-refractivity contribution in [3.8, 4) is 11.5 Å². The molecule has 0 saturated carbocycles. The number of amides is 1. The van der Waals surface area contributed by atoms with Gasteiger partial charge in [-0.15, -0.1) is 0 Å². The molecule has 1 aliphatic rings. The molecule has 0 aromatic heterocycles. The number of nitrogens with one attached hydrogen (secondary N) is 1. The number of benzene rings is 2. The summed E-state index contributed by atoms with van der Waals surface area (Å²) in [7, 11) is 3.23. The summed E-state index contributed by atoms with van der Waals surface area (Å²) in [6.07, 6.45) is 4.70. The number of fused-ring (bicyclic) bond motifs is 1. The van der Waals surface area contributed by atoms with E-state index in [0.29, 0.717) is 24.3 Å². The summed E-state index contributed by atoms with van der Waals surface area (Å²) in [6.45, 7) is 2.05. The van der Waals surface area contributed by atoms with E-state index in [1.165, 1.54) is 29.5 Å². The van der Waals surface area contributed by atoms with Gasteiger partial charge in [0.15, 0.2) is 11.5 Å². The predicted molar refractivity (Wildman–Crippen MR) is 103 cm³/mol. The Morgan fingerprint density at radius 1 is 1.04 bits per heavy atom. The van der Waals surface area contributed by atoms with Crippen LogP contribution in [0, 0.1) is 0 Å². The average Bonchev–Trinajstić information content (AvgIpc) is 3.13. The Kier molecular flexibility index (Phi) is 5.82. The Labute approximate surface area is 155 Å². The van der Waals surface area contributed by atoms with Crippen molar-refractivity contribution < 1.29 is 14.3 Å². The topological polar surface area (TPSA) is 47.6 Å². The zero-order valence-corrected chi connectivity index (χ0v) is 15.8. The molecule has 0 radical (unpaired) electrons. The van der Waals surface area contributed by atoms with Crippen LogP contribution in [0.1, 0.15) is 48.1 Å². The molecule has 1 N–H and O–H groups in total. The van der Waals surface area contributed by atoms with E-state index in [4.69, 9.17) is 9.47 Å². The molecule has 1 atom stereocenters. The van der Waals surface area contributed by atoms with Gasteiger partial charge in [0.2, 0.25) is 5.91 Å². The molecule has 0 saturated heterocycles. The molecule has 2 aromatic rings. The van der Waals surface area contributed by atoms with E-state index in [9.17, 15) is 4.79 Å². The van der Waals surface area contributed by atoms with Gasteiger partial charge in [0, 0.05) is 6.42 Å². The van der Waals surface area contributed by atoms with Crippen molar-refractivity contribution >= 4 is 5.91 Å². The summed E-state index contributed by atoms with van der Waals surface area (Å²) < 4.78 is 10.6. The lowest BCUT2D eigenvalue weighted by atomic mass is 10.0. The van der Waals surface area contributed by atoms with Crippen LogP contribution in [0.4, 0.5) is 0 Å². The molecule has 0 unspecified atom stereocenters. The number of carbonyl (C=O) groups excluding carboxylic acids is 1. The molecule has 0 heterocycles. The fourth-order valence-electron chi connectivity index (χ4n) is 3.55. The van der Waals surface area contributed by atoms with E-state index < -0.39 is 0 Å². The van der Waals surface area contributed by atoms with E-state index in [1.54, 1.807) is 14.2 Å². The van der Waals surface area contributed by atoms with Crippen molar-refractivity contribution in [3.05, 3.63) is 58.7 Å². The molecular weight excluding hydrogens is 326 g/mol. The molecule has 4 heteroatoms. The Morgan fingerprint density at radius 2 is 1.81 bits per heavy atom. The molecule has 1 amide bonds. The summed E-state index contributed by atoms with van der Waals surface area (Å²) in [6, 6.07) is 12.4. The first-order chi connectivity index (χ1) is 12.6. The molecule has 1 aliphatic carbocycles. The highest BCUT2D eigenvalue weighted by Crippen LogP contribution is 2.28. The molecule has 2 aromatic carbocycles. The van der Waals surface area contributed by atoms with Crippen LogP contribution in [0.5, 0.6) is 11.5 Å². The molecule has 3 rings (SSSR count). The third-order valence-electron chi connectivity index (χ3n) is 5.09. The van der Waals surface area contributed by atoms with E-state index in [0.717, 1.165) is 12.0 Å². The predicted octanol–water partition coefficient (Wildman–Crippen LogP) is 4.00. The van der Waals surface area contributed by atoms with Gasteiger partial charge in [-0.1, -0.05) is 24.3 Å². The second-order valence-electron chi connectivity index (χ2n) is 6.86.